The Morgan fingerprint density at radius 3 is 2.55 bits per heavy atom. The van der Waals surface area contributed by atoms with Crippen LogP contribution in [0.4, 0.5) is 24.5 Å². The number of nitrogens with one attached hydrogen (secondary N) is 1. The van der Waals surface area contributed by atoms with E-state index in [0.29, 0.717) is 13.1 Å². The van der Waals surface area contributed by atoms with Crippen LogP contribution in [-0.4, -0.2) is 28.9 Å². The van der Waals surface area contributed by atoms with Crippen LogP contribution in [0.15, 0.2) is 53.1 Å². The molecule has 0 unspecified atom stereocenters. The van der Waals surface area contributed by atoms with Crippen molar-refractivity contribution in [1.29, 1.82) is 0 Å². The van der Waals surface area contributed by atoms with Gasteiger partial charge in [0.1, 0.15) is 5.56 Å². The molecular weight excluding hydrogens is 441 g/mol. The molecule has 3 rings (SSSR count). The normalized spacial score (nSPS) is 11.3. The van der Waals surface area contributed by atoms with Gasteiger partial charge in [-0.25, -0.2) is 4.98 Å². The van der Waals surface area contributed by atoms with Gasteiger partial charge in [0.2, 0.25) is 11.7 Å². The third-order valence-corrected chi connectivity index (χ3v) is 4.97. The zero-order chi connectivity index (χ0) is 24.2. The van der Waals surface area contributed by atoms with Crippen molar-refractivity contribution in [3.63, 3.8) is 0 Å². The molecule has 174 valence electrons. The number of rotatable bonds is 8. The van der Waals surface area contributed by atoms with Gasteiger partial charge in [-0.05, 0) is 43.7 Å². The Labute approximate surface area is 187 Å². The maximum atomic E-state index is 12.8. The second kappa shape index (κ2) is 9.72. The number of anilines is 1. The Bertz CT molecular complexity index is 1160. The monoisotopic (exact) mass is 462 g/mol. The Balaban J connectivity index is 1.81. The maximum absolute atomic E-state index is 12.8. The first-order chi connectivity index (χ1) is 15.6. The molecule has 8 nitrogen and oxygen atoms in total. The van der Waals surface area contributed by atoms with Crippen molar-refractivity contribution < 1.29 is 27.3 Å². The molecule has 33 heavy (non-hydrogen) atoms. The van der Waals surface area contributed by atoms with Crippen LogP contribution in [0.5, 0.6) is 0 Å². The van der Waals surface area contributed by atoms with E-state index in [1.165, 1.54) is 18.2 Å². The molecule has 0 fully saturated rings. The number of nitro benzene ring substituents is 1. The number of hydrogen-bond acceptors (Lipinski definition) is 6. The van der Waals surface area contributed by atoms with E-state index in [-0.39, 0.29) is 35.0 Å². The standard InChI is InChI=1S/C22H21F3N4O4/c1-3-28(4-2)16-8-9-18(29(31)32)17(11-16)21-27-13-19(33-21)20(30)26-12-14-6-5-7-15(10-14)22(23,24)25/h5-11,13H,3-4,12H2,1-2H3,(H,26,30). The van der Waals surface area contributed by atoms with Gasteiger partial charge in [-0.3, -0.25) is 14.9 Å². The molecule has 0 aliphatic rings. The summed E-state index contributed by atoms with van der Waals surface area (Å²) >= 11 is 0. The summed E-state index contributed by atoms with van der Waals surface area (Å²) in [7, 11) is 0. The molecule has 11 heteroatoms. The Morgan fingerprint density at radius 2 is 1.91 bits per heavy atom. The van der Waals surface area contributed by atoms with Crippen molar-refractivity contribution in [3.05, 3.63) is 75.7 Å². The lowest BCUT2D eigenvalue weighted by Crippen LogP contribution is -2.22. The number of nitrogens with zero attached hydrogens (tertiary/aromatic N) is 3. The van der Waals surface area contributed by atoms with Crippen LogP contribution in [0.1, 0.15) is 35.5 Å². The van der Waals surface area contributed by atoms with Gasteiger partial charge in [-0.15, -0.1) is 0 Å². The molecule has 3 aromatic rings. The van der Waals surface area contributed by atoms with Crippen molar-refractivity contribution in [1.82, 2.24) is 10.3 Å². The van der Waals surface area contributed by atoms with Crippen LogP contribution in [0.3, 0.4) is 0 Å². The molecule has 1 N–H and O–H groups in total. The highest BCUT2D eigenvalue weighted by Crippen LogP contribution is 2.33. The number of carbonyl (C=O) groups is 1. The fourth-order valence-corrected chi connectivity index (χ4v) is 3.27. The predicted molar refractivity (Wildman–Crippen MR) is 115 cm³/mol. The van der Waals surface area contributed by atoms with Crippen molar-refractivity contribution in [2.45, 2.75) is 26.6 Å². The summed E-state index contributed by atoms with van der Waals surface area (Å²) in [6.45, 7) is 5.09. The zero-order valence-corrected chi connectivity index (χ0v) is 17.8. The van der Waals surface area contributed by atoms with Crippen LogP contribution in [0, 0.1) is 10.1 Å². The number of halogens is 3. The van der Waals surface area contributed by atoms with Gasteiger partial charge in [0.25, 0.3) is 11.6 Å². The van der Waals surface area contributed by atoms with E-state index >= 15 is 0 Å². The number of alkyl halides is 3. The fourth-order valence-electron chi connectivity index (χ4n) is 3.27. The molecule has 1 amide bonds. The van der Waals surface area contributed by atoms with Crippen LogP contribution in [0.2, 0.25) is 0 Å². The van der Waals surface area contributed by atoms with Crippen molar-refractivity contribution in [2.24, 2.45) is 0 Å². The Kier molecular flexibility index (Phi) is 7.00. The molecule has 1 heterocycles. The van der Waals surface area contributed by atoms with E-state index in [4.69, 9.17) is 4.42 Å². The minimum Gasteiger partial charge on any atom is -0.431 e. The van der Waals surface area contributed by atoms with E-state index in [2.05, 4.69) is 10.3 Å². The third kappa shape index (κ3) is 5.48. The van der Waals surface area contributed by atoms with Crippen molar-refractivity contribution >= 4 is 17.3 Å². The summed E-state index contributed by atoms with van der Waals surface area (Å²) in [6, 6.07) is 9.12. The zero-order valence-electron chi connectivity index (χ0n) is 17.8. The number of amides is 1. The summed E-state index contributed by atoms with van der Waals surface area (Å²) in [5, 5.41) is 13.9. The quantitative estimate of drug-likeness (QED) is 0.372. The van der Waals surface area contributed by atoms with E-state index in [1.807, 2.05) is 18.7 Å². The van der Waals surface area contributed by atoms with Crippen molar-refractivity contribution in [2.75, 3.05) is 18.0 Å². The molecule has 0 atom stereocenters. The summed E-state index contributed by atoms with van der Waals surface area (Å²) in [5.74, 6) is -1.05. The van der Waals surface area contributed by atoms with Crippen LogP contribution in [-0.2, 0) is 12.7 Å². The molecule has 0 bridgehead atoms. The largest absolute Gasteiger partial charge is 0.431 e. The first-order valence-corrected chi connectivity index (χ1v) is 10.1. The second-order valence-electron chi connectivity index (χ2n) is 7.04. The number of carbonyl (C=O) groups excluding carboxylic acids is 1. The lowest BCUT2D eigenvalue weighted by molar-refractivity contribution is -0.384. The molecule has 0 aliphatic carbocycles. The van der Waals surface area contributed by atoms with Gasteiger partial charge in [-0.1, -0.05) is 12.1 Å². The van der Waals surface area contributed by atoms with E-state index in [1.54, 1.807) is 12.1 Å². The maximum Gasteiger partial charge on any atom is 0.416 e. The van der Waals surface area contributed by atoms with E-state index < -0.39 is 22.6 Å². The predicted octanol–water partition coefficient (Wildman–Crippen LogP) is 5.04. The number of benzene rings is 2. The number of nitro groups is 1. The number of hydrogen-bond donors (Lipinski definition) is 1. The Morgan fingerprint density at radius 1 is 1.18 bits per heavy atom. The summed E-state index contributed by atoms with van der Waals surface area (Å²) in [4.78, 5) is 29.3. The highest BCUT2D eigenvalue weighted by atomic mass is 19.4. The molecular formula is C22H21F3N4O4. The van der Waals surface area contributed by atoms with Gasteiger partial charge in [-0.2, -0.15) is 13.2 Å². The third-order valence-electron chi connectivity index (χ3n) is 4.97. The molecule has 0 saturated heterocycles. The highest BCUT2D eigenvalue weighted by Gasteiger charge is 2.30. The number of oxazole rings is 1. The lowest BCUT2D eigenvalue weighted by Gasteiger charge is -2.21. The van der Waals surface area contributed by atoms with Gasteiger partial charge < -0.3 is 14.6 Å². The van der Waals surface area contributed by atoms with Crippen LogP contribution >= 0.6 is 0 Å². The summed E-state index contributed by atoms with van der Waals surface area (Å²) in [5.41, 5.74) is 0.0384. The minimum absolute atomic E-state index is 0.111. The smallest absolute Gasteiger partial charge is 0.416 e. The topological polar surface area (TPSA) is 102 Å². The van der Waals surface area contributed by atoms with Gasteiger partial charge in [0.05, 0.1) is 16.7 Å². The SMILES string of the molecule is CCN(CC)c1ccc([N+](=O)[O-])c(-c2ncc(C(=O)NCc3cccc(C(F)(F)F)c3)o2)c1. The van der Waals surface area contributed by atoms with Crippen LogP contribution in [0.25, 0.3) is 11.5 Å². The van der Waals surface area contributed by atoms with Gasteiger partial charge in [0, 0.05) is 31.4 Å². The summed E-state index contributed by atoms with van der Waals surface area (Å²) < 4.78 is 44.0. The van der Waals surface area contributed by atoms with Crippen LogP contribution < -0.4 is 10.2 Å². The molecule has 0 spiro atoms. The fraction of sp³-hybridized carbons (Fsp3) is 0.273. The van der Waals surface area contributed by atoms with E-state index in [0.717, 1.165) is 24.0 Å². The van der Waals surface area contributed by atoms with Gasteiger partial charge in [0.15, 0.2) is 0 Å². The first kappa shape index (κ1) is 23.8. The highest BCUT2D eigenvalue weighted by molar-refractivity contribution is 5.91. The van der Waals surface area contributed by atoms with Crippen molar-refractivity contribution in [3.8, 4) is 11.5 Å². The molecule has 2 aromatic carbocycles. The minimum atomic E-state index is -4.49. The molecule has 0 aliphatic heterocycles. The lowest BCUT2D eigenvalue weighted by atomic mass is 10.1. The molecule has 0 saturated carbocycles. The first-order valence-electron chi connectivity index (χ1n) is 10.1. The number of aromatic nitrogens is 1. The average molecular weight is 462 g/mol. The summed E-state index contributed by atoms with van der Waals surface area (Å²) in [6.07, 6.45) is -3.38. The second-order valence-corrected chi connectivity index (χ2v) is 7.04. The molecule has 0 radical (unpaired) electrons. The average Bonchev–Trinajstić information content (AvgIpc) is 3.28. The Hall–Kier alpha value is -3.89. The van der Waals surface area contributed by atoms with Gasteiger partial charge >= 0.3 is 6.18 Å². The molecule has 1 aromatic heterocycles. The van der Waals surface area contributed by atoms with E-state index in [9.17, 15) is 28.1 Å².